The van der Waals surface area contributed by atoms with Gasteiger partial charge in [-0.15, -0.1) is 0 Å². The third-order valence-corrected chi connectivity index (χ3v) is 6.20. The number of alkyl halides is 1. The van der Waals surface area contributed by atoms with Gasteiger partial charge in [-0.2, -0.15) is 0 Å². The Kier molecular flexibility index (Phi) is 4.86. The molecular weight excluding hydrogens is 307 g/mol. The molecule has 1 fully saturated rings. The van der Waals surface area contributed by atoms with E-state index in [1.54, 1.807) is 14.2 Å². The molecule has 2 rings (SSSR count). The quantitative estimate of drug-likeness (QED) is 0.619. The van der Waals surface area contributed by atoms with Crippen LogP contribution in [0.5, 0.6) is 0 Å². The Labute approximate surface area is 113 Å². The standard InChI is InChI=1S/C12H15ClO3Se/c1-14-11-9(13)10(12(15-2)16-11)17-8-6-4-3-5-7-8/h3-7,9-12H,1-2H3/t9-,10-,11-,12-/m1/s1. The molecule has 0 aliphatic carbocycles. The monoisotopic (exact) mass is 322 g/mol. The van der Waals surface area contributed by atoms with E-state index in [0.717, 1.165) is 0 Å². The van der Waals surface area contributed by atoms with Crippen LogP contribution in [-0.2, 0) is 14.2 Å². The minimum absolute atomic E-state index is 0.162. The molecule has 0 N–H and O–H groups in total. The van der Waals surface area contributed by atoms with E-state index in [4.69, 9.17) is 25.8 Å². The molecule has 3 nitrogen and oxygen atoms in total. The average molecular weight is 322 g/mol. The molecule has 94 valence electrons. The maximum atomic E-state index is 6.35. The summed E-state index contributed by atoms with van der Waals surface area (Å²) in [5, 5.41) is -0.162. The molecule has 4 atom stereocenters. The summed E-state index contributed by atoms with van der Waals surface area (Å²) in [7, 11) is 3.24. The molecule has 0 aromatic heterocycles. The Morgan fingerprint density at radius 3 is 2.35 bits per heavy atom. The van der Waals surface area contributed by atoms with Crippen molar-refractivity contribution < 1.29 is 14.2 Å². The van der Waals surface area contributed by atoms with E-state index in [9.17, 15) is 0 Å². The number of benzene rings is 1. The molecule has 0 saturated carbocycles. The zero-order chi connectivity index (χ0) is 12.3. The number of ether oxygens (including phenoxy) is 3. The van der Waals surface area contributed by atoms with E-state index >= 15 is 0 Å². The topological polar surface area (TPSA) is 27.7 Å². The van der Waals surface area contributed by atoms with Gasteiger partial charge in [0.25, 0.3) is 0 Å². The van der Waals surface area contributed by atoms with Crippen LogP contribution in [0.4, 0.5) is 0 Å². The summed E-state index contributed by atoms with van der Waals surface area (Å²) in [4.78, 5) is 0.168. The van der Waals surface area contributed by atoms with Gasteiger partial charge in [-0.25, -0.2) is 0 Å². The third kappa shape index (κ3) is 3.02. The van der Waals surface area contributed by atoms with Crippen molar-refractivity contribution in [2.45, 2.75) is 22.8 Å². The van der Waals surface area contributed by atoms with Crippen molar-refractivity contribution in [1.82, 2.24) is 0 Å². The first kappa shape index (κ1) is 13.3. The van der Waals surface area contributed by atoms with Crippen molar-refractivity contribution in [3.8, 4) is 0 Å². The molecule has 1 heterocycles. The first-order valence-corrected chi connectivity index (χ1v) is 7.61. The molecule has 0 amide bonds. The Morgan fingerprint density at radius 2 is 1.76 bits per heavy atom. The number of hydrogen-bond acceptors (Lipinski definition) is 3. The van der Waals surface area contributed by atoms with Crippen LogP contribution in [0.15, 0.2) is 30.3 Å². The van der Waals surface area contributed by atoms with Gasteiger partial charge in [-0.3, -0.25) is 0 Å². The van der Waals surface area contributed by atoms with Crippen LogP contribution in [0.2, 0.25) is 4.82 Å². The third-order valence-electron chi connectivity index (χ3n) is 2.59. The molecule has 0 spiro atoms. The van der Waals surface area contributed by atoms with Crippen molar-refractivity contribution >= 4 is 31.0 Å². The molecular formula is C12H15ClO3Se. The van der Waals surface area contributed by atoms with Crippen LogP contribution in [0.1, 0.15) is 0 Å². The van der Waals surface area contributed by atoms with Crippen molar-refractivity contribution in [3.05, 3.63) is 30.3 Å². The summed E-state index contributed by atoms with van der Waals surface area (Å²) in [5.74, 6) is 0. The maximum absolute atomic E-state index is 6.35. The van der Waals surface area contributed by atoms with Gasteiger partial charge < -0.3 is 0 Å². The summed E-state index contributed by atoms with van der Waals surface area (Å²) in [5.41, 5.74) is 0. The molecule has 1 saturated heterocycles. The number of methoxy groups -OCH3 is 2. The summed E-state index contributed by atoms with van der Waals surface area (Å²) < 4.78 is 17.4. The summed E-state index contributed by atoms with van der Waals surface area (Å²) in [6.07, 6.45) is -0.653. The van der Waals surface area contributed by atoms with Crippen molar-refractivity contribution in [1.29, 1.82) is 0 Å². The fourth-order valence-corrected chi connectivity index (χ4v) is 4.75. The molecule has 0 bridgehead atoms. The number of halogens is 1. The van der Waals surface area contributed by atoms with Crippen molar-refractivity contribution in [2.24, 2.45) is 0 Å². The molecule has 0 radical (unpaired) electrons. The van der Waals surface area contributed by atoms with Gasteiger partial charge in [0.1, 0.15) is 0 Å². The second-order valence-electron chi connectivity index (χ2n) is 3.68. The van der Waals surface area contributed by atoms with E-state index < -0.39 is 0 Å². The summed E-state index contributed by atoms with van der Waals surface area (Å²) >= 11 is 6.56. The number of hydrogen-bond donors (Lipinski definition) is 0. The van der Waals surface area contributed by atoms with Crippen molar-refractivity contribution in [3.63, 3.8) is 0 Å². The molecule has 0 unspecified atom stereocenters. The Balaban J connectivity index is 2.08. The predicted molar refractivity (Wildman–Crippen MR) is 67.9 cm³/mol. The van der Waals surface area contributed by atoms with Gasteiger partial charge in [0, 0.05) is 0 Å². The fourth-order valence-electron chi connectivity index (χ4n) is 1.74. The van der Waals surface area contributed by atoms with Crippen LogP contribution >= 0.6 is 11.6 Å². The molecule has 17 heavy (non-hydrogen) atoms. The molecule has 1 aliphatic heterocycles. The van der Waals surface area contributed by atoms with Gasteiger partial charge >= 0.3 is 113 Å². The van der Waals surface area contributed by atoms with Crippen LogP contribution in [0, 0.1) is 0 Å². The Morgan fingerprint density at radius 1 is 1.12 bits per heavy atom. The van der Waals surface area contributed by atoms with E-state index in [1.165, 1.54) is 4.46 Å². The first-order chi connectivity index (χ1) is 8.26. The minimum atomic E-state index is -0.378. The van der Waals surface area contributed by atoms with E-state index in [2.05, 4.69) is 12.1 Å². The van der Waals surface area contributed by atoms with Crippen LogP contribution in [-0.4, -0.2) is 47.1 Å². The second kappa shape index (κ2) is 6.19. The second-order valence-corrected chi connectivity index (χ2v) is 6.81. The van der Waals surface area contributed by atoms with E-state index in [-0.39, 0.29) is 37.7 Å². The molecule has 1 aromatic carbocycles. The van der Waals surface area contributed by atoms with E-state index in [0.29, 0.717) is 0 Å². The SMILES string of the molecule is CO[C@@H]1O[C@@H](OC)[C@H]([Se]c2ccccc2)[C@H]1Cl. The van der Waals surface area contributed by atoms with Crippen LogP contribution in [0.3, 0.4) is 0 Å². The normalized spacial score (nSPS) is 32.9. The van der Waals surface area contributed by atoms with Crippen LogP contribution in [0.25, 0.3) is 0 Å². The van der Waals surface area contributed by atoms with Gasteiger partial charge in [-0.1, -0.05) is 0 Å². The van der Waals surface area contributed by atoms with Gasteiger partial charge in [0.15, 0.2) is 0 Å². The fraction of sp³-hybridized carbons (Fsp3) is 0.500. The molecule has 1 aromatic rings. The van der Waals surface area contributed by atoms with Gasteiger partial charge in [0.2, 0.25) is 0 Å². The summed E-state index contributed by atoms with van der Waals surface area (Å²) in [6, 6.07) is 10.3. The average Bonchev–Trinajstić information content (AvgIpc) is 2.68. The number of rotatable bonds is 4. The first-order valence-electron chi connectivity index (χ1n) is 5.33. The van der Waals surface area contributed by atoms with E-state index in [1.807, 2.05) is 18.2 Å². The van der Waals surface area contributed by atoms with Crippen LogP contribution < -0.4 is 4.46 Å². The van der Waals surface area contributed by atoms with Crippen molar-refractivity contribution in [2.75, 3.05) is 14.2 Å². The van der Waals surface area contributed by atoms with Gasteiger partial charge in [0.05, 0.1) is 0 Å². The Hall–Kier alpha value is -0.0905. The predicted octanol–water partition coefficient (Wildman–Crippen LogP) is 1.39. The Bertz CT molecular complexity index is 347. The zero-order valence-corrected chi connectivity index (χ0v) is 12.2. The summed E-state index contributed by atoms with van der Waals surface area (Å²) in [6.45, 7) is 0. The zero-order valence-electron chi connectivity index (χ0n) is 9.71. The van der Waals surface area contributed by atoms with Gasteiger partial charge in [-0.05, 0) is 0 Å². The molecule has 1 aliphatic rings. The molecule has 5 heteroatoms.